The third-order valence-electron chi connectivity index (χ3n) is 6.29. The van der Waals surface area contributed by atoms with Gasteiger partial charge in [-0.2, -0.15) is 0 Å². The molecule has 0 saturated heterocycles. The molecule has 4 aromatic rings. The number of hydrogen-bond acceptors (Lipinski definition) is 4. The summed E-state index contributed by atoms with van der Waals surface area (Å²) in [6.45, 7) is -0.122. The van der Waals surface area contributed by atoms with E-state index in [2.05, 4.69) is 0 Å². The number of benzene rings is 4. The summed E-state index contributed by atoms with van der Waals surface area (Å²) in [5, 5.41) is 1.45. The Labute approximate surface area is 200 Å². The molecule has 0 aromatic heterocycles. The SMILES string of the molecule is Fc1cc(F)c(N2COc3cc4ccc5c(c4cc3C2)OCN(c2c(F)cc(F)cc2F)C5)c(F)c1. The molecule has 0 radical (unpaired) electrons. The fraction of sp³-hybridized carbons (Fsp3) is 0.154. The number of fused-ring (bicyclic) bond motifs is 4. The summed E-state index contributed by atoms with van der Waals surface area (Å²) in [6.07, 6.45) is 0. The first-order valence-electron chi connectivity index (χ1n) is 10.9. The van der Waals surface area contributed by atoms with Crippen molar-refractivity contribution in [1.82, 2.24) is 0 Å². The van der Waals surface area contributed by atoms with Gasteiger partial charge in [0.05, 0.1) is 13.1 Å². The molecule has 0 unspecified atom stereocenters. The summed E-state index contributed by atoms with van der Waals surface area (Å²) in [4.78, 5) is 2.64. The minimum atomic E-state index is -1.04. The molecule has 6 rings (SSSR count). The standard InChI is InChI=1S/C26H16F6N2O2/c27-16-5-19(29)24(20(30)6-16)33-9-14-2-1-13-4-23-15(3-18(13)26(14)36-12-33)10-34(11-35-23)25-21(31)7-17(28)8-22(25)32/h1-8H,9-12H2. The molecule has 36 heavy (non-hydrogen) atoms. The van der Waals surface area contributed by atoms with Gasteiger partial charge in [0.1, 0.15) is 34.5 Å². The van der Waals surface area contributed by atoms with Gasteiger partial charge in [-0.15, -0.1) is 0 Å². The molecule has 0 N–H and O–H groups in total. The lowest BCUT2D eigenvalue weighted by Gasteiger charge is -2.33. The van der Waals surface area contributed by atoms with Gasteiger partial charge in [0.2, 0.25) is 0 Å². The van der Waals surface area contributed by atoms with Gasteiger partial charge in [-0.25, -0.2) is 26.3 Å². The molecule has 0 aliphatic carbocycles. The second-order valence-electron chi connectivity index (χ2n) is 8.61. The van der Waals surface area contributed by atoms with Gasteiger partial charge in [-0.1, -0.05) is 12.1 Å². The maximum Gasteiger partial charge on any atom is 0.162 e. The summed E-state index contributed by atoms with van der Waals surface area (Å²) >= 11 is 0. The van der Waals surface area contributed by atoms with Crippen LogP contribution < -0.4 is 19.3 Å². The Bertz CT molecular complexity index is 1500. The van der Waals surface area contributed by atoms with Crippen molar-refractivity contribution in [2.45, 2.75) is 13.1 Å². The van der Waals surface area contributed by atoms with Crippen molar-refractivity contribution in [2.24, 2.45) is 0 Å². The van der Waals surface area contributed by atoms with Crippen LogP contribution >= 0.6 is 0 Å². The zero-order chi connectivity index (χ0) is 25.1. The van der Waals surface area contributed by atoms with Crippen LogP contribution in [-0.4, -0.2) is 13.5 Å². The molecule has 4 nitrogen and oxygen atoms in total. The number of halogens is 6. The number of ether oxygens (including phenoxy) is 2. The highest BCUT2D eigenvalue weighted by Crippen LogP contribution is 2.41. The van der Waals surface area contributed by atoms with Gasteiger partial charge in [-0.05, 0) is 17.5 Å². The van der Waals surface area contributed by atoms with E-state index in [1.807, 2.05) is 0 Å². The zero-order valence-corrected chi connectivity index (χ0v) is 18.4. The summed E-state index contributed by atoms with van der Waals surface area (Å²) in [6, 6.07) is 9.53. The third-order valence-corrected chi connectivity index (χ3v) is 6.29. The van der Waals surface area contributed by atoms with E-state index in [0.717, 1.165) is 5.39 Å². The van der Waals surface area contributed by atoms with Crippen LogP contribution in [0.15, 0.2) is 48.5 Å². The predicted molar refractivity (Wildman–Crippen MR) is 120 cm³/mol. The molecule has 2 heterocycles. The van der Waals surface area contributed by atoms with Crippen LogP contribution in [0.1, 0.15) is 11.1 Å². The lowest BCUT2D eigenvalue weighted by Crippen LogP contribution is -2.34. The Morgan fingerprint density at radius 1 is 0.583 bits per heavy atom. The average Bonchev–Trinajstić information content (AvgIpc) is 2.81. The van der Waals surface area contributed by atoms with Crippen molar-refractivity contribution in [3.8, 4) is 11.5 Å². The quantitative estimate of drug-likeness (QED) is 0.297. The van der Waals surface area contributed by atoms with Crippen LogP contribution in [-0.2, 0) is 13.1 Å². The van der Waals surface area contributed by atoms with Crippen molar-refractivity contribution in [3.63, 3.8) is 0 Å². The lowest BCUT2D eigenvalue weighted by molar-refractivity contribution is 0.285. The molecule has 2 aliphatic heterocycles. The van der Waals surface area contributed by atoms with E-state index in [1.165, 1.54) is 9.80 Å². The van der Waals surface area contributed by atoms with Gasteiger partial charge in [0, 0.05) is 40.8 Å². The van der Waals surface area contributed by atoms with Crippen molar-refractivity contribution in [2.75, 3.05) is 23.3 Å². The number of rotatable bonds is 2. The number of anilines is 2. The molecule has 0 amide bonds. The number of nitrogens with zero attached hydrogens (tertiary/aromatic N) is 2. The summed E-state index contributed by atoms with van der Waals surface area (Å²) < 4.78 is 95.5. The van der Waals surface area contributed by atoms with Crippen LogP contribution in [0.3, 0.4) is 0 Å². The molecule has 0 fully saturated rings. The van der Waals surface area contributed by atoms with Gasteiger partial charge in [-0.3, -0.25) is 0 Å². The fourth-order valence-electron chi connectivity index (χ4n) is 4.72. The highest BCUT2D eigenvalue weighted by Gasteiger charge is 2.28. The Balaban J connectivity index is 1.35. The maximum atomic E-state index is 14.3. The van der Waals surface area contributed by atoms with Crippen LogP contribution in [0.2, 0.25) is 0 Å². The molecule has 184 valence electrons. The van der Waals surface area contributed by atoms with E-state index in [0.29, 0.717) is 52.3 Å². The molecule has 4 aromatic carbocycles. The average molecular weight is 502 g/mol. The highest BCUT2D eigenvalue weighted by molar-refractivity contribution is 5.92. The summed E-state index contributed by atoms with van der Waals surface area (Å²) in [5.41, 5.74) is 0.473. The smallest absolute Gasteiger partial charge is 0.162 e. The largest absolute Gasteiger partial charge is 0.473 e. The lowest BCUT2D eigenvalue weighted by atomic mass is 10.00. The predicted octanol–water partition coefficient (Wildman–Crippen LogP) is 6.39. The van der Waals surface area contributed by atoms with Gasteiger partial charge < -0.3 is 19.3 Å². The van der Waals surface area contributed by atoms with Crippen molar-refractivity contribution >= 4 is 22.1 Å². The molecular weight excluding hydrogens is 486 g/mol. The van der Waals surface area contributed by atoms with Gasteiger partial charge in [0.15, 0.2) is 36.7 Å². The minimum Gasteiger partial charge on any atom is -0.473 e. The Hall–Kier alpha value is -4.08. The molecular formula is C26H16F6N2O2. The maximum absolute atomic E-state index is 14.3. The van der Waals surface area contributed by atoms with E-state index in [4.69, 9.17) is 9.47 Å². The van der Waals surface area contributed by atoms with Crippen LogP contribution in [0, 0.1) is 34.9 Å². The van der Waals surface area contributed by atoms with E-state index in [-0.39, 0.29) is 32.2 Å². The van der Waals surface area contributed by atoms with Gasteiger partial charge in [0.25, 0.3) is 0 Å². The highest BCUT2D eigenvalue weighted by atomic mass is 19.2. The second-order valence-corrected chi connectivity index (χ2v) is 8.61. The van der Waals surface area contributed by atoms with Crippen LogP contribution in [0.5, 0.6) is 11.5 Å². The molecule has 0 spiro atoms. The normalized spacial score (nSPS) is 14.8. The first kappa shape index (κ1) is 22.4. The monoisotopic (exact) mass is 502 g/mol. The van der Waals surface area contributed by atoms with E-state index >= 15 is 0 Å². The van der Waals surface area contributed by atoms with E-state index < -0.39 is 40.6 Å². The summed E-state index contributed by atoms with van der Waals surface area (Å²) in [7, 11) is 0. The molecule has 2 aliphatic rings. The minimum absolute atomic E-state index is 0.0898. The van der Waals surface area contributed by atoms with Crippen molar-refractivity contribution in [1.29, 1.82) is 0 Å². The summed E-state index contributed by atoms with van der Waals surface area (Å²) in [5.74, 6) is -5.17. The van der Waals surface area contributed by atoms with E-state index in [1.54, 1.807) is 24.3 Å². The Morgan fingerprint density at radius 3 is 1.69 bits per heavy atom. The second kappa shape index (κ2) is 8.25. The van der Waals surface area contributed by atoms with Crippen molar-refractivity contribution < 1.29 is 35.8 Å². The molecule has 0 atom stereocenters. The first-order chi connectivity index (χ1) is 17.3. The molecule has 0 bridgehead atoms. The molecule has 10 heteroatoms. The topological polar surface area (TPSA) is 24.9 Å². The Kier molecular flexibility index (Phi) is 5.13. The molecule has 0 saturated carbocycles. The zero-order valence-electron chi connectivity index (χ0n) is 18.4. The Morgan fingerprint density at radius 2 is 1.11 bits per heavy atom. The third kappa shape index (κ3) is 3.64. The van der Waals surface area contributed by atoms with E-state index in [9.17, 15) is 26.3 Å². The number of hydrogen-bond donors (Lipinski definition) is 0. The van der Waals surface area contributed by atoms with Crippen LogP contribution in [0.25, 0.3) is 10.8 Å². The first-order valence-corrected chi connectivity index (χ1v) is 10.9. The van der Waals surface area contributed by atoms with Crippen molar-refractivity contribution in [3.05, 3.63) is 94.6 Å². The fourth-order valence-corrected chi connectivity index (χ4v) is 4.72. The van der Waals surface area contributed by atoms with Crippen LogP contribution in [0.4, 0.5) is 37.7 Å². The van der Waals surface area contributed by atoms with Gasteiger partial charge >= 0.3 is 0 Å².